The number of thioether (sulfide) groups is 1. The summed E-state index contributed by atoms with van der Waals surface area (Å²) in [4.78, 5) is 29.6. The third kappa shape index (κ3) is 4.97. The van der Waals surface area contributed by atoms with Crippen molar-refractivity contribution in [1.29, 1.82) is 0 Å². The molecular formula is C18H18N4O5S. The predicted octanol–water partition coefficient (Wildman–Crippen LogP) is 3.15. The summed E-state index contributed by atoms with van der Waals surface area (Å²) < 4.78 is 15.3. The van der Waals surface area contributed by atoms with Crippen LogP contribution in [0, 0.1) is 13.8 Å². The van der Waals surface area contributed by atoms with Crippen LogP contribution in [-0.4, -0.2) is 33.3 Å². The number of hydrogen-bond donors (Lipinski definition) is 1. The van der Waals surface area contributed by atoms with Crippen LogP contribution in [0.2, 0.25) is 0 Å². The second kappa shape index (κ2) is 8.70. The van der Waals surface area contributed by atoms with Crippen molar-refractivity contribution in [3.05, 3.63) is 53.4 Å². The lowest BCUT2D eigenvalue weighted by atomic mass is 10.2. The van der Waals surface area contributed by atoms with Gasteiger partial charge in [-0.1, -0.05) is 22.4 Å². The fraction of sp³-hybridized carbons (Fsp3) is 0.278. The molecule has 0 spiro atoms. The average Bonchev–Trinajstić information content (AvgIpc) is 3.27. The minimum Gasteiger partial charge on any atom is -0.449 e. The lowest BCUT2D eigenvalue weighted by molar-refractivity contribution is -0.123. The summed E-state index contributed by atoms with van der Waals surface area (Å²) in [7, 11) is 0. The van der Waals surface area contributed by atoms with Crippen LogP contribution in [0.15, 0.2) is 44.3 Å². The Balaban J connectivity index is 1.62. The van der Waals surface area contributed by atoms with E-state index in [9.17, 15) is 9.59 Å². The van der Waals surface area contributed by atoms with Gasteiger partial charge in [0.2, 0.25) is 5.89 Å². The van der Waals surface area contributed by atoms with Gasteiger partial charge in [-0.15, -0.1) is 11.8 Å². The summed E-state index contributed by atoms with van der Waals surface area (Å²) in [5, 5.41) is 9.94. The summed E-state index contributed by atoms with van der Waals surface area (Å²) in [6.45, 7) is 4.92. The molecule has 10 heteroatoms. The van der Waals surface area contributed by atoms with Gasteiger partial charge in [0.1, 0.15) is 5.76 Å². The maximum atomic E-state index is 12.6. The van der Waals surface area contributed by atoms with Crippen LogP contribution in [-0.2, 0) is 15.3 Å². The summed E-state index contributed by atoms with van der Waals surface area (Å²) >= 11 is 1.36. The SMILES string of the molecule is Cc1noc(CSc2ccccc2C(=O)OC(C)C(=O)Nc2cc(C)on2)n1. The van der Waals surface area contributed by atoms with Crippen molar-refractivity contribution in [3.8, 4) is 0 Å². The van der Waals surface area contributed by atoms with Crippen LogP contribution < -0.4 is 5.32 Å². The van der Waals surface area contributed by atoms with E-state index < -0.39 is 18.0 Å². The first-order valence-electron chi connectivity index (χ1n) is 8.38. The lowest BCUT2D eigenvalue weighted by Crippen LogP contribution is -2.30. The highest BCUT2D eigenvalue weighted by Gasteiger charge is 2.22. The molecule has 3 rings (SSSR count). The van der Waals surface area contributed by atoms with Crippen LogP contribution in [0.4, 0.5) is 5.82 Å². The number of rotatable bonds is 7. The van der Waals surface area contributed by atoms with Gasteiger partial charge in [-0.2, -0.15) is 4.98 Å². The predicted molar refractivity (Wildman–Crippen MR) is 99.8 cm³/mol. The molecule has 1 amide bonds. The second-order valence-corrected chi connectivity index (χ2v) is 6.90. The van der Waals surface area contributed by atoms with Gasteiger partial charge in [0.05, 0.1) is 11.3 Å². The first kappa shape index (κ1) is 19.6. The van der Waals surface area contributed by atoms with Crippen LogP contribution in [0.25, 0.3) is 0 Å². The Bertz CT molecular complexity index is 984. The fourth-order valence-electron chi connectivity index (χ4n) is 2.23. The van der Waals surface area contributed by atoms with E-state index in [0.717, 1.165) is 0 Å². The van der Waals surface area contributed by atoms with Crippen molar-refractivity contribution in [2.24, 2.45) is 0 Å². The number of anilines is 1. The Morgan fingerprint density at radius 2 is 2.00 bits per heavy atom. The zero-order chi connectivity index (χ0) is 20.1. The molecule has 0 aliphatic heterocycles. The van der Waals surface area contributed by atoms with Crippen LogP contribution in [0.3, 0.4) is 0 Å². The molecule has 0 aliphatic rings. The molecule has 0 saturated carbocycles. The Hall–Kier alpha value is -3.14. The topological polar surface area (TPSA) is 120 Å². The smallest absolute Gasteiger partial charge is 0.340 e. The first-order chi connectivity index (χ1) is 13.4. The molecule has 1 N–H and O–H groups in total. The van der Waals surface area contributed by atoms with Crippen LogP contribution in [0.1, 0.15) is 34.8 Å². The van der Waals surface area contributed by atoms with Crippen molar-refractivity contribution >= 4 is 29.5 Å². The van der Waals surface area contributed by atoms with Gasteiger partial charge >= 0.3 is 5.97 Å². The standard InChI is InChI=1S/C18H18N4O5S/c1-10-8-15(22-26-10)20-17(23)11(2)25-18(24)13-6-4-5-7-14(13)28-9-16-19-12(3)21-27-16/h4-8,11H,9H2,1-3H3,(H,20,22,23). The minimum absolute atomic E-state index is 0.260. The van der Waals surface area contributed by atoms with Gasteiger partial charge in [-0.3, -0.25) is 4.79 Å². The molecule has 146 valence electrons. The number of carbonyl (C=O) groups is 2. The largest absolute Gasteiger partial charge is 0.449 e. The number of amides is 1. The van der Waals surface area contributed by atoms with Gasteiger partial charge in [0, 0.05) is 11.0 Å². The molecule has 28 heavy (non-hydrogen) atoms. The number of nitrogens with zero attached hydrogens (tertiary/aromatic N) is 3. The maximum Gasteiger partial charge on any atom is 0.340 e. The number of nitrogens with one attached hydrogen (secondary N) is 1. The Kier molecular flexibility index (Phi) is 6.09. The van der Waals surface area contributed by atoms with Crippen LogP contribution in [0.5, 0.6) is 0 Å². The van der Waals surface area contributed by atoms with Gasteiger partial charge < -0.3 is 19.1 Å². The van der Waals surface area contributed by atoms with E-state index in [2.05, 4.69) is 20.6 Å². The van der Waals surface area contributed by atoms with E-state index in [0.29, 0.717) is 33.7 Å². The van der Waals surface area contributed by atoms with Crippen molar-refractivity contribution in [3.63, 3.8) is 0 Å². The molecule has 0 fully saturated rings. The molecule has 0 saturated heterocycles. The van der Waals surface area contributed by atoms with E-state index in [4.69, 9.17) is 13.8 Å². The summed E-state index contributed by atoms with van der Waals surface area (Å²) in [6, 6.07) is 8.52. The Labute approximate surface area is 164 Å². The third-order valence-corrected chi connectivity index (χ3v) is 4.62. The monoisotopic (exact) mass is 402 g/mol. The van der Waals surface area contributed by atoms with Crippen molar-refractivity contribution < 1.29 is 23.4 Å². The van der Waals surface area contributed by atoms with Gasteiger partial charge in [-0.05, 0) is 32.9 Å². The number of hydrogen-bond acceptors (Lipinski definition) is 9. The molecule has 1 unspecified atom stereocenters. The van der Waals surface area contributed by atoms with E-state index in [-0.39, 0.29) is 5.82 Å². The summed E-state index contributed by atoms with van der Waals surface area (Å²) in [5.74, 6) is 1.12. The van der Waals surface area contributed by atoms with E-state index in [1.807, 2.05) is 0 Å². The quantitative estimate of drug-likeness (QED) is 0.469. The molecule has 2 aromatic heterocycles. The third-order valence-electron chi connectivity index (χ3n) is 3.56. The molecule has 9 nitrogen and oxygen atoms in total. The van der Waals surface area contributed by atoms with E-state index >= 15 is 0 Å². The number of esters is 1. The highest BCUT2D eigenvalue weighted by Crippen LogP contribution is 2.26. The normalized spacial score (nSPS) is 11.8. The molecule has 0 radical (unpaired) electrons. The molecular weight excluding hydrogens is 384 g/mol. The fourth-order valence-corrected chi connectivity index (χ4v) is 3.11. The van der Waals surface area contributed by atoms with Gasteiger partial charge in [0.25, 0.3) is 5.91 Å². The summed E-state index contributed by atoms with van der Waals surface area (Å²) in [5.41, 5.74) is 0.348. The molecule has 0 aliphatic carbocycles. The second-order valence-electron chi connectivity index (χ2n) is 5.88. The molecule has 2 heterocycles. The van der Waals surface area contributed by atoms with Gasteiger partial charge in [0.15, 0.2) is 17.7 Å². The minimum atomic E-state index is -1.01. The molecule has 1 aromatic carbocycles. The molecule has 0 bridgehead atoms. The zero-order valence-corrected chi connectivity index (χ0v) is 16.3. The Morgan fingerprint density at radius 1 is 1.21 bits per heavy atom. The van der Waals surface area contributed by atoms with E-state index in [1.165, 1.54) is 18.7 Å². The zero-order valence-electron chi connectivity index (χ0n) is 15.5. The van der Waals surface area contributed by atoms with Gasteiger partial charge in [-0.25, -0.2) is 4.79 Å². The van der Waals surface area contributed by atoms with E-state index in [1.54, 1.807) is 44.2 Å². The highest BCUT2D eigenvalue weighted by atomic mass is 32.2. The van der Waals surface area contributed by atoms with Crippen molar-refractivity contribution in [2.45, 2.75) is 37.5 Å². The van der Waals surface area contributed by atoms with Crippen molar-refractivity contribution in [1.82, 2.24) is 15.3 Å². The number of aryl methyl sites for hydroxylation is 2. The molecule has 3 aromatic rings. The molecule has 1 atom stereocenters. The Morgan fingerprint density at radius 3 is 2.68 bits per heavy atom. The highest BCUT2D eigenvalue weighted by molar-refractivity contribution is 7.98. The number of ether oxygens (including phenoxy) is 1. The van der Waals surface area contributed by atoms with Crippen LogP contribution >= 0.6 is 11.8 Å². The number of benzene rings is 1. The summed E-state index contributed by atoms with van der Waals surface area (Å²) in [6.07, 6.45) is -1.01. The lowest BCUT2D eigenvalue weighted by Gasteiger charge is -2.14. The number of aromatic nitrogens is 3. The first-order valence-corrected chi connectivity index (χ1v) is 9.37. The number of carbonyl (C=O) groups excluding carboxylic acids is 2. The van der Waals surface area contributed by atoms with Crippen molar-refractivity contribution in [2.75, 3.05) is 5.32 Å². The maximum absolute atomic E-state index is 12.6. The average molecular weight is 402 g/mol.